The van der Waals surface area contributed by atoms with Crippen LogP contribution in [-0.4, -0.2) is 36.2 Å². The van der Waals surface area contributed by atoms with E-state index in [1.165, 1.54) is 6.26 Å². The third-order valence-electron chi connectivity index (χ3n) is 2.91. The predicted octanol–water partition coefficient (Wildman–Crippen LogP) is 0.987. The van der Waals surface area contributed by atoms with Crippen LogP contribution >= 0.6 is 0 Å². The Labute approximate surface area is 103 Å². The van der Waals surface area contributed by atoms with Crippen molar-refractivity contribution in [3.63, 3.8) is 0 Å². The summed E-state index contributed by atoms with van der Waals surface area (Å²) in [5, 5.41) is 6.93. The van der Waals surface area contributed by atoms with Crippen LogP contribution in [0.5, 0.6) is 0 Å². The van der Waals surface area contributed by atoms with E-state index >= 15 is 0 Å². The van der Waals surface area contributed by atoms with Gasteiger partial charge in [0.25, 0.3) is 0 Å². The molecule has 0 saturated heterocycles. The fourth-order valence-electron chi connectivity index (χ4n) is 1.74. The molecule has 6 heteroatoms. The molecule has 2 unspecified atom stereocenters. The highest BCUT2D eigenvalue weighted by molar-refractivity contribution is 7.91. The van der Waals surface area contributed by atoms with Crippen molar-refractivity contribution in [1.82, 2.24) is 15.1 Å². The Bertz CT molecular complexity index is 453. The Kier molecular flexibility index (Phi) is 4.70. The van der Waals surface area contributed by atoms with Gasteiger partial charge in [0.1, 0.15) is 0 Å². The van der Waals surface area contributed by atoms with Gasteiger partial charge in [0.15, 0.2) is 9.84 Å². The van der Waals surface area contributed by atoms with E-state index in [0.29, 0.717) is 0 Å². The van der Waals surface area contributed by atoms with Gasteiger partial charge in [-0.2, -0.15) is 5.10 Å². The van der Waals surface area contributed by atoms with Crippen LogP contribution in [0.15, 0.2) is 12.4 Å². The molecule has 1 heterocycles. The molecule has 0 aliphatic heterocycles. The van der Waals surface area contributed by atoms with Crippen LogP contribution in [0.25, 0.3) is 0 Å². The van der Waals surface area contributed by atoms with E-state index in [-0.39, 0.29) is 6.04 Å². The molecular weight excluding hydrogens is 238 g/mol. The molecule has 0 radical (unpaired) electrons. The number of aromatic nitrogens is 2. The topological polar surface area (TPSA) is 64.0 Å². The Morgan fingerprint density at radius 3 is 2.53 bits per heavy atom. The van der Waals surface area contributed by atoms with E-state index in [9.17, 15) is 8.42 Å². The number of aryl methyl sites for hydroxylation is 1. The summed E-state index contributed by atoms with van der Waals surface area (Å²) >= 11 is 0. The molecule has 0 spiro atoms. The van der Waals surface area contributed by atoms with Crippen LogP contribution in [0.4, 0.5) is 0 Å². The van der Waals surface area contributed by atoms with E-state index < -0.39 is 15.1 Å². The zero-order chi connectivity index (χ0) is 13.1. The van der Waals surface area contributed by atoms with Gasteiger partial charge in [-0.05, 0) is 20.4 Å². The van der Waals surface area contributed by atoms with Crippen LogP contribution in [0.2, 0.25) is 0 Å². The summed E-state index contributed by atoms with van der Waals surface area (Å²) in [7, 11) is -3.07. The van der Waals surface area contributed by atoms with Crippen LogP contribution in [0.3, 0.4) is 0 Å². The van der Waals surface area contributed by atoms with Crippen molar-refractivity contribution < 1.29 is 8.42 Å². The van der Waals surface area contributed by atoms with Gasteiger partial charge in [0, 0.05) is 24.6 Å². The third kappa shape index (κ3) is 3.54. The van der Waals surface area contributed by atoms with Gasteiger partial charge >= 0.3 is 0 Å². The second kappa shape index (κ2) is 5.64. The highest BCUT2D eigenvalue weighted by Gasteiger charge is 2.27. The zero-order valence-corrected chi connectivity index (χ0v) is 11.7. The SMILES string of the molecule is CCNC(c1cnn(CC)c1)C(C)S(C)(=O)=O. The first-order chi connectivity index (χ1) is 7.90. The molecule has 5 nitrogen and oxygen atoms in total. The molecule has 98 valence electrons. The monoisotopic (exact) mass is 259 g/mol. The largest absolute Gasteiger partial charge is 0.309 e. The Hall–Kier alpha value is -0.880. The van der Waals surface area contributed by atoms with Gasteiger partial charge < -0.3 is 5.32 Å². The average Bonchev–Trinajstić information content (AvgIpc) is 2.72. The van der Waals surface area contributed by atoms with Gasteiger partial charge in [-0.3, -0.25) is 4.68 Å². The number of sulfone groups is 1. The molecule has 1 aromatic heterocycles. The first-order valence-corrected chi connectivity index (χ1v) is 7.80. The number of nitrogens with one attached hydrogen (secondary N) is 1. The van der Waals surface area contributed by atoms with Gasteiger partial charge in [0.05, 0.1) is 17.5 Å². The van der Waals surface area contributed by atoms with Crippen molar-refractivity contribution in [3.8, 4) is 0 Å². The Morgan fingerprint density at radius 1 is 1.47 bits per heavy atom. The lowest BCUT2D eigenvalue weighted by atomic mass is 10.1. The van der Waals surface area contributed by atoms with E-state index in [1.807, 2.05) is 20.0 Å². The van der Waals surface area contributed by atoms with E-state index in [0.717, 1.165) is 18.7 Å². The van der Waals surface area contributed by atoms with Crippen LogP contribution < -0.4 is 5.32 Å². The second-order valence-electron chi connectivity index (χ2n) is 4.20. The normalized spacial score (nSPS) is 15.8. The molecule has 0 fully saturated rings. The highest BCUT2D eigenvalue weighted by Crippen LogP contribution is 2.21. The van der Waals surface area contributed by atoms with E-state index in [2.05, 4.69) is 10.4 Å². The minimum Gasteiger partial charge on any atom is -0.309 e. The van der Waals surface area contributed by atoms with Crippen molar-refractivity contribution in [1.29, 1.82) is 0 Å². The average molecular weight is 259 g/mol. The third-order valence-corrected chi connectivity index (χ3v) is 4.53. The summed E-state index contributed by atoms with van der Waals surface area (Å²) in [5.41, 5.74) is 0.923. The molecule has 1 N–H and O–H groups in total. The number of hydrogen-bond acceptors (Lipinski definition) is 4. The highest BCUT2D eigenvalue weighted by atomic mass is 32.2. The summed E-state index contributed by atoms with van der Waals surface area (Å²) in [5.74, 6) is 0. The van der Waals surface area contributed by atoms with Gasteiger partial charge in [-0.15, -0.1) is 0 Å². The second-order valence-corrected chi connectivity index (χ2v) is 6.60. The fraction of sp³-hybridized carbons (Fsp3) is 0.727. The Balaban J connectivity index is 3.00. The van der Waals surface area contributed by atoms with E-state index in [4.69, 9.17) is 0 Å². The van der Waals surface area contributed by atoms with E-state index in [1.54, 1.807) is 17.8 Å². The first-order valence-electron chi connectivity index (χ1n) is 5.84. The lowest BCUT2D eigenvalue weighted by molar-refractivity contribution is 0.512. The molecule has 17 heavy (non-hydrogen) atoms. The molecule has 2 atom stereocenters. The summed E-state index contributed by atoms with van der Waals surface area (Å²) in [6.07, 6.45) is 4.90. The Morgan fingerprint density at radius 2 is 2.12 bits per heavy atom. The zero-order valence-electron chi connectivity index (χ0n) is 10.8. The van der Waals surface area contributed by atoms with Gasteiger partial charge in [-0.25, -0.2) is 8.42 Å². The maximum Gasteiger partial charge on any atom is 0.151 e. The molecule has 0 aromatic carbocycles. The van der Waals surface area contributed by atoms with Crippen molar-refractivity contribution in [2.45, 2.75) is 38.6 Å². The fourth-order valence-corrected chi connectivity index (χ4v) is 2.48. The molecule has 0 aliphatic rings. The molecule has 1 aromatic rings. The minimum atomic E-state index is -3.07. The van der Waals surface area contributed by atoms with Crippen molar-refractivity contribution in [2.24, 2.45) is 0 Å². The van der Waals surface area contributed by atoms with Crippen molar-refractivity contribution in [3.05, 3.63) is 18.0 Å². The summed E-state index contributed by atoms with van der Waals surface area (Å²) in [6, 6.07) is -0.199. The summed E-state index contributed by atoms with van der Waals surface area (Å²) in [6.45, 7) is 7.20. The number of hydrogen-bond donors (Lipinski definition) is 1. The lowest BCUT2D eigenvalue weighted by Gasteiger charge is -2.22. The molecule has 0 aliphatic carbocycles. The summed E-state index contributed by atoms with van der Waals surface area (Å²) in [4.78, 5) is 0. The molecular formula is C11H21N3O2S. The smallest absolute Gasteiger partial charge is 0.151 e. The van der Waals surface area contributed by atoms with Crippen LogP contribution in [0, 0.1) is 0 Å². The molecule has 0 amide bonds. The first kappa shape index (κ1) is 14.2. The predicted molar refractivity (Wildman–Crippen MR) is 68.6 cm³/mol. The molecule has 0 saturated carbocycles. The maximum atomic E-state index is 11.6. The van der Waals surface area contributed by atoms with Crippen LogP contribution in [-0.2, 0) is 16.4 Å². The minimum absolute atomic E-state index is 0.199. The van der Waals surface area contributed by atoms with Crippen LogP contribution in [0.1, 0.15) is 32.4 Å². The standard InChI is InChI=1S/C11H21N3O2S/c1-5-12-11(9(3)17(4,15)16)10-7-13-14(6-2)8-10/h7-9,11-12H,5-6H2,1-4H3. The quantitative estimate of drug-likeness (QED) is 0.827. The maximum absolute atomic E-state index is 11.6. The number of rotatable bonds is 6. The lowest BCUT2D eigenvalue weighted by Crippen LogP contribution is -2.34. The van der Waals surface area contributed by atoms with Crippen molar-refractivity contribution >= 4 is 9.84 Å². The molecule has 1 rings (SSSR count). The van der Waals surface area contributed by atoms with Gasteiger partial charge in [-0.1, -0.05) is 6.92 Å². The summed E-state index contributed by atoms with van der Waals surface area (Å²) < 4.78 is 25.1. The molecule has 0 bridgehead atoms. The van der Waals surface area contributed by atoms with Gasteiger partial charge in [0.2, 0.25) is 0 Å². The number of nitrogens with zero attached hydrogens (tertiary/aromatic N) is 2. The van der Waals surface area contributed by atoms with Crippen molar-refractivity contribution in [2.75, 3.05) is 12.8 Å².